The van der Waals surface area contributed by atoms with Crippen LogP contribution in [0.2, 0.25) is 0 Å². The van der Waals surface area contributed by atoms with E-state index in [9.17, 15) is 0 Å². The number of nitrogens with zero attached hydrogens (tertiary/aromatic N) is 4. The van der Waals surface area contributed by atoms with Gasteiger partial charge < -0.3 is 9.15 Å². The second-order valence-corrected chi connectivity index (χ2v) is 5.95. The van der Waals surface area contributed by atoms with E-state index in [0.717, 1.165) is 30.1 Å². The highest BCUT2D eigenvalue weighted by atomic mass is 16.5. The van der Waals surface area contributed by atoms with Gasteiger partial charge in [0.05, 0.1) is 30.7 Å². The highest BCUT2D eigenvalue weighted by molar-refractivity contribution is 5.55. The molecule has 1 aliphatic heterocycles. The highest BCUT2D eigenvalue weighted by Crippen LogP contribution is 2.29. The number of aromatic nitrogens is 4. The molecule has 24 heavy (non-hydrogen) atoms. The molecule has 1 N–H and O–H groups in total. The van der Waals surface area contributed by atoms with Crippen LogP contribution in [0.4, 0.5) is 0 Å². The monoisotopic (exact) mass is 325 g/mol. The Hall–Kier alpha value is -2.51. The van der Waals surface area contributed by atoms with E-state index in [4.69, 9.17) is 9.15 Å². The predicted octanol–water partition coefficient (Wildman–Crippen LogP) is 2.07. The summed E-state index contributed by atoms with van der Waals surface area (Å²) < 4.78 is 11.5. The summed E-state index contributed by atoms with van der Waals surface area (Å²) in [6.45, 7) is 2.31. The number of ether oxygens (including phenoxy) is 1. The number of aromatic amines is 1. The van der Waals surface area contributed by atoms with Crippen LogP contribution in [0.25, 0.3) is 11.3 Å². The topological polar surface area (TPSA) is 80.1 Å². The van der Waals surface area contributed by atoms with E-state index in [1.807, 2.05) is 30.3 Å². The molecule has 0 radical (unpaired) electrons. The summed E-state index contributed by atoms with van der Waals surface area (Å²) in [6, 6.07) is 10.00. The van der Waals surface area contributed by atoms with E-state index in [-0.39, 0.29) is 12.0 Å². The van der Waals surface area contributed by atoms with Crippen LogP contribution in [-0.4, -0.2) is 51.6 Å². The minimum Gasteiger partial charge on any atom is -0.439 e. The van der Waals surface area contributed by atoms with E-state index in [1.54, 1.807) is 19.5 Å². The average molecular weight is 325 g/mol. The van der Waals surface area contributed by atoms with Crippen LogP contribution in [0.15, 0.2) is 47.1 Å². The average Bonchev–Trinajstić information content (AvgIpc) is 3.36. The normalized spacial score (nSPS) is 21.4. The lowest BCUT2D eigenvalue weighted by Gasteiger charge is -2.13. The molecule has 1 aliphatic rings. The van der Waals surface area contributed by atoms with Gasteiger partial charge in [-0.05, 0) is 0 Å². The number of rotatable bonds is 5. The van der Waals surface area contributed by atoms with Crippen LogP contribution >= 0.6 is 0 Å². The molecule has 0 bridgehead atoms. The highest BCUT2D eigenvalue weighted by Gasteiger charge is 2.36. The first-order valence-corrected chi connectivity index (χ1v) is 7.94. The summed E-state index contributed by atoms with van der Waals surface area (Å²) in [7, 11) is 1.74. The van der Waals surface area contributed by atoms with Gasteiger partial charge in [-0.25, -0.2) is 4.98 Å². The predicted molar refractivity (Wildman–Crippen MR) is 87.1 cm³/mol. The van der Waals surface area contributed by atoms with E-state index in [1.165, 1.54) is 0 Å². The Morgan fingerprint density at radius 3 is 2.88 bits per heavy atom. The number of hydrogen-bond donors (Lipinski definition) is 1. The van der Waals surface area contributed by atoms with Crippen molar-refractivity contribution in [2.45, 2.75) is 18.6 Å². The van der Waals surface area contributed by atoms with Gasteiger partial charge in [0, 0.05) is 31.7 Å². The fourth-order valence-corrected chi connectivity index (χ4v) is 3.20. The van der Waals surface area contributed by atoms with Gasteiger partial charge in [0.25, 0.3) is 0 Å². The summed E-state index contributed by atoms with van der Waals surface area (Å²) in [5.41, 5.74) is 1.97. The van der Waals surface area contributed by atoms with Crippen molar-refractivity contribution >= 4 is 0 Å². The lowest BCUT2D eigenvalue weighted by Crippen LogP contribution is -2.22. The van der Waals surface area contributed by atoms with Crippen LogP contribution < -0.4 is 0 Å². The number of benzene rings is 1. The first kappa shape index (κ1) is 15.0. The van der Waals surface area contributed by atoms with E-state index in [2.05, 4.69) is 25.3 Å². The van der Waals surface area contributed by atoms with Crippen molar-refractivity contribution in [1.29, 1.82) is 0 Å². The molecule has 124 valence electrons. The summed E-state index contributed by atoms with van der Waals surface area (Å²) in [5.74, 6) is 1.71. The van der Waals surface area contributed by atoms with Crippen LogP contribution in [-0.2, 0) is 11.3 Å². The lowest BCUT2D eigenvalue weighted by atomic mass is 10.0. The molecule has 3 aromatic rings. The summed E-state index contributed by atoms with van der Waals surface area (Å²) in [5, 5.41) is 10.8. The van der Waals surface area contributed by atoms with Crippen molar-refractivity contribution < 1.29 is 9.15 Å². The number of nitrogens with one attached hydrogen (secondary N) is 1. The second-order valence-electron chi connectivity index (χ2n) is 5.95. The van der Waals surface area contributed by atoms with Crippen molar-refractivity contribution in [3.05, 3.63) is 54.3 Å². The van der Waals surface area contributed by atoms with Gasteiger partial charge in [-0.3, -0.25) is 4.90 Å². The van der Waals surface area contributed by atoms with E-state index >= 15 is 0 Å². The first-order valence-electron chi connectivity index (χ1n) is 7.94. The maximum absolute atomic E-state index is 5.90. The summed E-state index contributed by atoms with van der Waals surface area (Å²) >= 11 is 0. The van der Waals surface area contributed by atoms with Crippen molar-refractivity contribution in [1.82, 2.24) is 25.3 Å². The Morgan fingerprint density at radius 2 is 2.12 bits per heavy atom. The van der Waals surface area contributed by atoms with Gasteiger partial charge in [0.15, 0.2) is 5.76 Å². The van der Waals surface area contributed by atoms with Crippen LogP contribution in [0, 0.1) is 0 Å². The second kappa shape index (κ2) is 6.54. The molecule has 3 heterocycles. The lowest BCUT2D eigenvalue weighted by molar-refractivity contribution is 0.0949. The molecule has 7 nitrogen and oxygen atoms in total. The standard InChI is InChI=1S/C17H19N5O2/c1-23-16-10-22(9-13(16)14-7-19-21-20-14)11-17-18-8-15(24-17)12-5-3-2-4-6-12/h2-8,13,16H,9-11H2,1H3,(H,19,20,21)/t13-,16+/m0/s1. The summed E-state index contributed by atoms with van der Waals surface area (Å²) in [4.78, 5) is 6.68. The molecule has 0 unspecified atom stereocenters. The molecular weight excluding hydrogens is 306 g/mol. The SMILES string of the molecule is CO[C@@H]1CN(Cc2ncc(-c3ccccc3)o2)C[C@H]1c1cn[nH]n1. The fraction of sp³-hybridized carbons (Fsp3) is 0.353. The zero-order chi connectivity index (χ0) is 16.4. The third-order valence-corrected chi connectivity index (χ3v) is 4.43. The van der Waals surface area contributed by atoms with Gasteiger partial charge in [-0.2, -0.15) is 15.4 Å². The molecule has 0 amide bonds. The van der Waals surface area contributed by atoms with Crippen LogP contribution in [0.1, 0.15) is 17.5 Å². The molecule has 4 rings (SSSR count). The number of methoxy groups -OCH3 is 1. The molecule has 2 atom stereocenters. The zero-order valence-electron chi connectivity index (χ0n) is 13.4. The van der Waals surface area contributed by atoms with Gasteiger partial charge in [-0.1, -0.05) is 30.3 Å². The quantitative estimate of drug-likeness (QED) is 0.773. The third-order valence-electron chi connectivity index (χ3n) is 4.43. The van der Waals surface area contributed by atoms with Crippen molar-refractivity contribution in [2.75, 3.05) is 20.2 Å². The Morgan fingerprint density at radius 1 is 1.25 bits per heavy atom. The molecule has 0 spiro atoms. The third kappa shape index (κ3) is 2.95. The number of oxazole rings is 1. The molecule has 2 aromatic heterocycles. The van der Waals surface area contributed by atoms with Gasteiger partial charge >= 0.3 is 0 Å². The van der Waals surface area contributed by atoms with Crippen molar-refractivity contribution in [2.24, 2.45) is 0 Å². The number of hydrogen-bond acceptors (Lipinski definition) is 6. The van der Waals surface area contributed by atoms with Crippen LogP contribution in [0.5, 0.6) is 0 Å². The van der Waals surface area contributed by atoms with Gasteiger partial charge in [0.1, 0.15) is 0 Å². The van der Waals surface area contributed by atoms with E-state index < -0.39 is 0 Å². The fourth-order valence-electron chi connectivity index (χ4n) is 3.20. The Bertz CT molecular complexity index is 771. The molecule has 1 aromatic carbocycles. The maximum atomic E-state index is 5.90. The number of H-pyrrole nitrogens is 1. The maximum Gasteiger partial charge on any atom is 0.209 e. The smallest absolute Gasteiger partial charge is 0.209 e. The largest absolute Gasteiger partial charge is 0.439 e. The molecule has 1 fully saturated rings. The molecule has 7 heteroatoms. The Balaban J connectivity index is 1.46. The van der Waals surface area contributed by atoms with Crippen molar-refractivity contribution in [3.63, 3.8) is 0 Å². The molecular formula is C17H19N5O2. The Labute approximate surface area is 139 Å². The zero-order valence-corrected chi connectivity index (χ0v) is 13.4. The van der Waals surface area contributed by atoms with Crippen molar-refractivity contribution in [3.8, 4) is 11.3 Å². The van der Waals surface area contributed by atoms with Gasteiger partial charge in [0.2, 0.25) is 5.89 Å². The number of likely N-dealkylation sites (tertiary alicyclic amines) is 1. The van der Waals surface area contributed by atoms with Gasteiger partial charge in [-0.15, -0.1) is 0 Å². The van der Waals surface area contributed by atoms with E-state index in [0.29, 0.717) is 12.4 Å². The molecule has 1 saturated heterocycles. The minimum atomic E-state index is 0.0960. The molecule has 0 saturated carbocycles. The summed E-state index contributed by atoms with van der Waals surface area (Å²) in [6.07, 6.45) is 3.64. The minimum absolute atomic E-state index is 0.0960. The van der Waals surface area contributed by atoms with Crippen LogP contribution in [0.3, 0.4) is 0 Å². The first-order chi connectivity index (χ1) is 11.8. The Kier molecular flexibility index (Phi) is 4.10. The molecule has 0 aliphatic carbocycles.